The molecule has 0 radical (unpaired) electrons. The second-order valence-electron chi connectivity index (χ2n) is 4.43. The van der Waals surface area contributed by atoms with E-state index in [1.807, 2.05) is 24.3 Å². The molecule has 0 aliphatic rings. The Bertz CT molecular complexity index is 774. The van der Waals surface area contributed by atoms with Gasteiger partial charge in [-0.2, -0.15) is 5.10 Å². The van der Waals surface area contributed by atoms with Crippen molar-refractivity contribution >= 4 is 22.9 Å². The maximum absolute atomic E-state index is 11.3. The molecule has 0 saturated carbocycles. The highest BCUT2D eigenvalue weighted by Gasteiger charge is 2.05. The molecule has 3 aromatic rings. The van der Waals surface area contributed by atoms with Crippen molar-refractivity contribution in [2.24, 2.45) is 0 Å². The molecule has 0 aliphatic heterocycles. The molecule has 0 atom stereocenters. The summed E-state index contributed by atoms with van der Waals surface area (Å²) in [5, 5.41) is 7.25. The van der Waals surface area contributed by atoms with Gasteiger partial charge in [-0.25, -0.2) is 0 Å². The smallest absolute Gasteiger partial charge is 0.248 e. The van der Waals surface area contributed by atoms with Crippen LogP contribution in [0.5, 0.6) is 0 Å². The summed E-state index contributed by atoms with van der Waals surface area (Å²) >= 11 is 7.50. The van der Waals surface area contributed by atoms with Gasteiger partial charge in [0.2, 0.25) is 5.56 Å². The van der Waals surface area contributed by atoms with E-state index in [0.29, 0.717) is 0 Å². The van der Waals surface area contributed by atoms with E-state index in [1.54, 1.807) is 23.6 Å². The van der Waals surface area contributed by atoms with Crippen LogP contribution in [0.4, 0.5) is 0 Å². The molecule has 0 spiro atoms. The van der Waals surface area contributed by atoms with Crippen molar-refractivity contribution in [3.05, 3.63) is 61.8 Å². The van der Waals surface area contributed by atoms with E-state index in [4.69, 9.17) is 11.6 Å². The SMILES string of the molecule is O=c1cc(-c2cc(CCc3ccc(Cl)s3)[nH]n2)cc[nH]1. The van der Waals surface area contributed by atoms with Crippen molar-refractivity contribution in [2.45, 2.75) is 12.8 Å². The summed E-state index contributed by atoms with van der Waals surface area (Å²) in [6.07, 6.45) is 3.42. The third-order valence-electron chi connectivity index (χ3n) is 2.97. The molecule has 3 aromatic heterocycles. The average Bonchev–Trinajstić information content (AvgIpc) is 3.05. The third kappa shape index (κ3) is 3.00. The summed E-state index contributed by atoms with van der Waals surface area (Å²) in [4.78, 5) is 15.1. The largest absolute Gasteiger partial charge is 0.329 e. The summed E-state index contributed by atoms with van der Waals surface area (Å²) in [7, 11) is 0. The molecule has 102 valence electrons. The van der Waals surface area contributed by atoms with Gasteiger partial charge in [0.15, 0.2) is 0 Å². The highest BCUT2D eigenvalue weighted by Crippen LogP contribution is 2.23. The number of thiophene rings is 1. The second-order valence-corrected chi connectivity index (χ2v) is 6.23. The first-order valence-corrected chi connectivity index (χ1v) is 7.38. The molecule has 0 unspecified atom stereocenters. The van der Waals surface area contributed by atoms with Gasteiger partial charge < -0.3 is 4.98 Å². The highest BCUT2D eigenvalue weighted by molar-refractivity contribution is 7.16. The lowest BCUT2D eigenvalue weighted by Gasteiger charge is -1.94. The number of aryl methyl sites for hydroxylation is 2. The van der Waals surface area contributed by atoms with Gasteiger partial charge in [0.25, 0.3) is 0 Å². The molecule has 0 fully saturated rings. The second kappa shape index (κ2) is 5.64. The van der Waals surface area contributed by atoms with E-state index < -0.39 is 0 Å². The van der Waals surface area contributed by atoms with Gasteiger partial charge in [-0.15, -0.1) is 11.3 Å². The number of halogens is 1. The predicted molar refractivity (Wildman–Crippen MR) is 81.4 cm³/mol. The summed E-state index contributed by atoms with van der Waals surface area (Å²) in [6.45, 7) is 0. The molecular weight excluding hydrogens is 294 g/mol. The van der Waals surface area contributed by atoms with Gasteiger partial charge in [0.1, 0.15) is 0 Å². The molecule has 6 heteroatoms. The average molecular weight is 306 g/mol. The van der Waals surface area contributed by atoms with E-state index in [0.717, 1.165) is 34.1 Å². The van der Waals surface area contributed by atoms with Crippen LogP contribution in [0.25, 0.3) is 11.3 Å². The number of hydrogen-bond donors (Lipinski definition) is 2. The van der Waals surface area contributed by atoms with Crippen LogP contribution in [-0.2, 0) is 12.8 Å². The lowest BCUT2D eigenvalue weighted by molar-refractivity contribution is 0.905. The molecule has 4 nitrogen and oxygen atoms in total. The molecule has 0 aromatic carbocycles. The number of hydrogen-bond acceptors (Lipinski definition) is 3. The van der Waals surface area contributed by atoms with Crippen LogP contribution >= 0.6 is 22.9 Å². The van der Waals surface area contributed by atoms with E-state index in [2.05, 4.69) is 15.2 Å². The number of nitrogens with zero attached hydrogens (tertiary/aromatic N) is 1. The van der Waals surface area contributed by atoms with Gasteiger partial charge in [-0.05, 0) is 37.1 Å². The lowest BCUT2D eigenvalue weighted by atomic mass is 10.1. The van der Waals surface area contributed by atoms with Crippen molar-refractivity contribution in [1.82, 2.24) is 15.2 Å². The standard InChI is InChI=1S/C14H12ClN3OS/c15-13-4-3-11(20-13)2-1-10-8-12(18-17-10)9-5-6-16-14(19)7-9/h3-8H,1-2H2,(H,16,19)(H,17,18). The highest BCUT2D eigenvalue weighted by atomic mass is 35.5. The number of aromatic amines is 2. The monoisotopic (exact) mass is 305 g/mol. The Morgan fingerprint density at radius 3 is 2.85 bits per heavy atom. The molecule has 0 amide bonds. The number of rotatable bonds is 4. The van der Waals surface area contributed by atoms with Gasteiger partial charge in [-0.3, -0.25) is 9.89 Å². The molecule has 3 heterocycles. The van der Waals surface area contributed by atoms with E-state index in [-0.39, 0.29) is 5.56 Å². The fourth-order valence-electron chi connectivity index (χ4n) is 1.99. The van der Waals surface area contributed by atoms with E-state index >= 15 is 0 Å². The van der Waals surface area contributed by atoms with Crippen LogP contribution in [0.2, 0.25) is 4.34 Å². The fourth-order valence-corrected chi connectivity index (χ4v) is 3.07. The Morgan fingerprint density at radius 2 is 2.10 bits per heavy atom. The molecule has 2 N–H and O–H groups in total. The first-order chi connectivity index (χ1) is 9.70. The van der Waals surface area contributed by atoms with Crippen LogP contribution in [0, 0.1) is 0 Å². The first-order valence-electron chi connectivity index (χ1n) is 6.18. The number of H-pyrrole nitrogens is 2. The van der Waals surface area contributed by atoms with Crippen LogP contribution < -0.4 is 5.56 Å². The maximum atomic E-state index is 11.3. The maximum Gasteiger partial charge on any atom is 0.248 e. The van der Waals surface area contributed by atoms with Crippen molar-refractivity contribution in [3.63, 3.8) is 0 Å². The van der Waals surface area contributed by atoms with E-state index in [1.165, 1.54) is 4.88 Å². The van der Waals surface area contributed by atoms with Crippen molar-refractivity contribution < 1.29 is 0 Å². The van der Waals surface area contributed by atoms with Gasteiger partial charge in [-0.1, -0.05) is 11.6 Å². The molecule has 0 saturated heterocycles. The van der Waals surface area contributed by atoms with Gasteiger partial charge in [0.05, 0.1) is 10.0 Å². The number of pyridine rings is 1. The van der Waals surface area contributed by atoms with Crippen LogP contribution in [0.3, 0.4) is 0 Å². The number of aromatic nitrogens is 3. The Morgan fingerprint density at radius 1 is 1.20 bits per heavy atom. The topological polar surface area (TPSA) is 61.5 Å². The van der Waals surface area contributed by atoms with Crippen molar-refractivity contribution in [1.29, 1.82) is 0 Å². The molecular formula is C14H12ClN3OS. The zero-order valence-corrected chi connectivity index (χ0v) is 12.1. The minimum atomic E-state index is -0.125. The minimum absolute atomic E-state index is 0.125. The first kappa shape index (κ1) is 13.1. The van der Waals surface area contributed by atoms with Gasteiger partial charge >= 0.3 is 0 Å². The van der Waals surface area contributed by atoms with Crippen molar-refractivity contribution in [2.75, 3.05) is 0 Å². The van der Waals surface area contributed by atoms with Crippen LogP contribution in [-0.4, -0.2) is 15.2 Å². The zero-order chi connectivity index (χ0) is 13.9. The summed E-state index contributed by atoms with van der Waals surface area (Å²) < 4.78 is 0.814. The Kier molecular flexibility index (Phi) is 3.71. The summed E-state index contributed by atoms with van der Waals surface area (Å²) in [6, 6.07) is 9.31. The fraction of sp³-hybridized carbons (Fsp3) is 0.143. The molecule has 0 bridgehead atoms. The zero-order valence-electron chi connectivity index (χ0n) is 10.5. The van der Waals surface area contributed by atoms with Gasteiger partial charge in [0, 0.05) is 28.4 Å². The summed E-state index contributed by atoms with van der Waals surface area (Å²) in [5.74, 6) is 0. The third-order valence-corrected chi connectivity index (χ3v) is 4.26. The molecule has 0 aliphatic carbocycles. The normalized spacial score (nSPS) is 10.8. The van der Waals surface area contributed by atoms with E-state index in [9.17, 15) is 4.79 Å². The van der Waals surface area contributed by atoms with Crippen LogP contribution in [0.15, 0.2) is 41.3 Å². The molecule has 3 rings (SSSR count). The summed E-state index contributed by atoms with van der Waals surface area (Å²) in [5.41, 5.74) is 2.52. The Hall–Kier alpha value is -1.85. The Labute approximate surface area is 124 Å². The minimum Gasteiger partial charge on any atom is -0.329 e. The van der Waals surface area contributed by atoms with Crippen LogP contribution in [0.1, 0.15) is 10.6 Å². The molecule has 20 heavy (non-hydrogen) atoms. The van der Waals surface area contributed by atoms with Crippen molar-refractivity contribution in [3.8, 4) is 11.3 Å². The predicted octanol–water partition coefficient (Wildman–Crippen LogP) is 3.27. The lowest BCUT2D eigenvalue weighted by Crippen LogP contribution is -2.01. The quantitative estimate of drug-likeness (QED) is 0.777. The number of nitrogens with one attached hydrogen (secondary N) is 2. The Balaban J connectivity index is 1.72.